The summed E-state index contributed by atoms with van der Waals surface area (Å²) in [6, 6.07) is 7.06. The number of ether oxygens (including phenoxy) is 1. The number of carbonyl (C=O) groups is 4. The molecule has 0 heterocycles. The normalized spacial score (nSPS) is 12.6. The fourth-order valence-electron chi connectivity index (χ4n) is 2.12. The third kappa shape index (κ3) is 7.03. The Hall–Kier alpha value is -2.90. The molecule has 0 saturated carbocycles. The number of benzene rings is 1. The number of amides is 2. The first-order valence-electron chi connectivity index (χ1n) is 7.86. The summed E-state index contributed by atoms with van der Waals surface area (Å²) in [5.74, 6) is -3.56. The molecule has 25 heavy (non-hydrogen) atoms. The summed E-state index contributed by atoms with van der Waals surface area (Å²) in [6.45, 7) is 3.00. The van der Waals surface area contributed by atoms with Crippen molar-refractivity contribution < 1.29 is 29.0 Å². The van der Waals surface area contributed by atoms with Crippen LogP contribution in [0.1, 0.15) is 30.6 Å². The summed E-state index contributed by atoms with van der Waals surface area (Å²) in [5, 5.41) is 14.0. The monoisotopic (exact) mass is 350 g/mol. The predicted molar refractivity (Wildman–Crippen MR) is 88.8 cm³/mol. The van der Waals surface area contributed by atoms with Gasteiger partial charge < -0.3 is 20.5 Å². The SMILES string of the molecule is CCOC(=O)C[C@H](C)[C@@H](NC(=O)CNC(=O)c1ccccc1)C(=O)O. The molecule has 0 unspecified atom stereocenters. The zero-order chi connectivity index (χ0) is 18.8. The molecule has 1 rings (SSSR count). The number of nitrogens with one attached hydrogen (secondary N) is 2. The van der Waals surface area contributed by atoms with E-state index >= 15 is 0 Å². The van der Waals surface area contributed by atoms with Gasteiger partial charge in [-0.1, -0.05) is 25.1 Å². The average Bonchev–Trinajstić information content (AvgIpc) is 2.58. The molecule has 0 aromatic heterocycles. The Morgan fingerprint density at radius 2 is 1.80 bits per heavy atom. The maximum absolute atomic E-state index is 11.9. The van der Waals surface area contributed by atoms with Crippen LogP contribution in [0.3, 0.4) is 0 Å². The molecule has 2 atom stereocenters. The molecule has 3 N–H and O–H groups in total. The van der Waals surface area contributed by atoms with E-state index in [1.807, 2.05) is 0 Å². The van der Waals surface area contributed by atoms with Crippen molar-refractivity contribution >= 4 is 23.8 Å². The van der Waals surface area contributed by atoms with Crippen molar-refractivity contribution in [3.8, 4) is 0 Å². The number of hydrogen-bond donors (Lipinski definition) is 3. The van der Waals surface area contributed by atoms with Crippen LogP contribution < -0.4 is 10.6 Å². The lowest BCUT2D eigenvalue weighted by molar-refractivity contribution is -0.147. The van der Waals surface area contributed by atoms with Crippen LogP contribution in [0.2, 0.25) is 0 Å². The summed E-state index contributed by atoms with van der Waals surface area (Å²) in [4.78, 5) is 46.5. The van der Waals surface area contributed by atoms with Crippen molar-refractivity contribution in [3.05, 3.63) is 35.9 Å². The van der Waals surface area contributed by atoms with Crippen molar-refractivity contribution in [1.29, 1.82) is 0 Å². The van der Waals surface area contributed by atoms with Gasteiger partial charge in [-0.15, -0.1) is 0 Å². The first kappa shape index (κ1) is 20.1. The minimum absolute atomic E-state index is 0.137. The van der Waals surface area contributed by atoms with Crippen LogP contribution in [-0.4, -0.2) is 48.1 Å². The predicted octanol–water partition coefficient (Wildman–Crippen LogP) is 0.575. The summed E-state index contributed by atoms with van der Waals surface area (Å²) in [5.41, 5.74) is 0.390. The minimum atomic E-state index is -1.26. The maximum atomic E-state index is 11.9. The average molecular weight is 350 g/mol. The van der Waals surface area contributed by atoms with Gasteiger partial charge in [-0.3, -0.25) is 14.4 Å². The lowest BCUT2D eigenvalue weighted by atomic mass is 9.98. The van der Waals surface area contributed by atoms with E-state index in [-0.39, 0.29) is 19.6 Å². The van der Waals surface area contributed by atoms with Crippen molar-refractivity contribution in [1.82, 2.24) is 10.6 Å². The van der Waals surface area contributed by atoms with Crippen LogP contribution in [0.4, 0.5) is 0 Å². The van der Waals surface area contributed by atoms with Crippen LogP contribution in [0.15, 0.2) is 30.3 Å². The van der Waals surface area contributed by atoms with Gasteiger partial charge in [0, 0.05) is 5.56 Å². The van der Waals surface area contributed by atoms with Gasteiger partial charge in [-0.25, -0.2) is 4.79 Å². The standard InChI is InChI=1S/C17H22N2O6/c1-3-25-14(21)9-11(2)15(17(23)24)19-13(20)10-18-16(22)12-7-5-4-6-8-12/h4-8,11,15H,3,9-10H2,1-2H3,(H,18,22)(H,19,20)(H,23,24)/t11-,15+/m0/s1. The van der Waals surface area contributed by atoms with Crippen molar-refractivity contribution in [2.75, 3.05) is 13.2 Å². The maximum Gasteiger partial charge on any atom is 0.326 e. The van der Waals surface area contributed by atoms with Gasteiger partial charge in [0.1, 0.15) is 6.04 Å². The summed E-state index contributed by atoms with van der Waals surface area (Å²) in [7, 11) is 0. The van der Waals surface area contributed by atoms with Gasteiger partial charge in [0.2, 0.25) is 5.91 Å². The summed E-state index contributed by atoms with van der Waals surface area (Å²) in [6.07, 6.45) is -0.137. The molecule has 0 saturated heterocycles. The van der Waals surface area contributed by atoms with Gasteiger partial charge >= 0.3 is 11.9 Å². The molecule has 8 heteroatoms. The molecule has 0 aliphatic carbocycles. The number of esters is 1. The molecule has 0 aliphatic rings. The second-order valence-electron chi connectivity index (χ2n) is 5.42. The van der Waals surface area contributed by atoms with E-state index in [4.69, 9.17) is 4.74 Å². The van der Waals surface area contributed by atoms with Gasteiger partial charge in [-0.2, -0.15) is 0 Å². The van der Waals surface area contributed by atoms with Crippen LogP contribution >= 0.6 is 0 Å². The second kappa shape index (κ2) is 10.1. The van der Waals surface area contributed by atoms with Crippen LogP contribution in [-0.2, 0) is 19.1 Å². The van der Waals surface area contributed by atoms with Crippen molar-refractivity contribution in [3.63, 3.8) is 0 Å². The Morgan fingerprint density at radius 1 is 1.16 bits per heavy atom. The van der Waals surface area contributed by atoms with E-state index in [1.165, 1.54) is 6.92 Å². The Labute approximate surface area is 145 Å². The first-order chi connectivity index (χ1) is 11.8. The number of hydrogen-bond acceptors (Lipinski definition) is 5. The van der Waals surface area contributed by atoms with Crippen LogP contribution in [0, 0.1) is 5.92 Å². The number of carbonyl (C=O) groups excluding carboxylic acids is 3. The zero-order valence-electron chi connectivity index (χ0n) is 14.2. The fraction of sp³-hybridized carbons (Fsp3) is 0.412. The second-order valence-corrected chi connectivity index (χ2v) is 5.42. The molecule has 8 nitrogen and oxygen atoms in total. The van der Waals surface area contributed by atoms with Crippen molar-refractivity contribution in [2.24, 2.45) is 5.92 Å². The van der Waals surface area contributed by atoms with E-state index in [0.29, 0.717) is 5.56 Å². The Kier molecular flexibility index (Phi) is 8.11. The molecule has 0 fully saturated rings. The molecule has 0 spiro atoms. The number of aliphatic carboxylic acids is 1. The Balaban J connectivity index is 2.54. The lowest BCUT2D eigenvalue weighted by Gasteiger charge is -2.20. The van der Waals surface area contributed by atoms with E-state index in [9.17, 15) is 24.3 Å². The molecule has 2 amide bonds. The Bertz CT molecular complexity index is 617. The van der Waals surface area contributed by atoms with Crippen LogP contribution in [0.25, 0.3) is 0 Å². The van der Waals surface area contributed by atoms with E-state index < -0.39 is 35.7 Å². The van der Waals surface area contributed by atoms with Crippen molar-refractivity contribution in [2.45, 2.75) is 26.3 Å². The highest BCUT2D eigenvalue weighted by Gasteiger charge is 2.28. The quantitative estimate of drug-likeness (QED) is 0.560. The minimum Gasteiger partial charge on any atom is -0.480 e. The number of carboxylic acids is 1. The van der Waals surface area contributed by atoms with E-state index in [0.717, 1.165) is 0 Å². The molecule has 1 aromatic rings. The lowest BCUT2D eigenvalue weighted by Crippen LogP contribution is -2.49. The van der Waals surface area contributed by atoms with Gasteiger partial charge in [0.05, 0.1) is 19.6 Å². The molecule has 0 bridgehead atoms. The third-order valence-corrected chi connectivity index (χ3v) is 3.39. The van der Waals surface area contributed by atoms with Gasteiger partial charge in [-0.05, 0) is 25.0 Å². The highest BCUT2D eigenvalue weighted by Crippen LogP contribution is 2.10. The zero-order valence-corrected chi connectivity index (χ0v) is 14.2. The van der Waals surface area contributed by atoms with E-state index in [1.54, 1.807) is 37.3 Å². The fourth-order valence-corrected chi connectivity index (χ4v) is 2.12. The molecular weight excluding hydrogens is 328 g/mol. The smallest absolute Gasteiger partial charge is 0.326 e. The largest absolute Gasteiger partial charge is 0.480 e. The van der Waals surface area contributed by atoms with E-state index in [2.05, 4.69) is 10.6 Å². The van der Waals surface area contributed by atoms with Gasteiger partial charge in [0.15, 0.2) is 0 Å². The molecule has 0 radical (unpaired) electrons. The summed E-state index contributed by atoms with van der Waals surface area (Å²) >= 11 is 0. The third-order valence-electron chi connectivity index (χ3n) is 3.39. The topological polar surface area (TPSA) is 122 Å². The number of rotatable bonds is 9. The molecule has 0 aliphatic heterocycles. The first-order valence-corrected chi connectivity index (χ1v) is 7.86. The van der Waals surface area contributed by atoms with Gasteiger partial charge in [0.25, 0.3) is 5.91 Å². The highest BCUT2D eigenvalue weighted by atomic mass is 16.5. The molecule has 136 valence electrons. The molecular formula is C17H22N2O6. The Morgan fingerprint density at radius 3 is 2.36 bits per heavy atom. The highest BCUT2D eigenvalue weighted by molar-refractivity contribution is 5.96. The van der Waals surface area contributed by atoms with Crippen LogP contribution in [0.5, 0.6) is 0 Å². The number of carboxylic acid groups (broad SMARTS) is 1. The molecule has 1 aromatic carbocycles. The summed E-state index contributed by atoms with van der Waals surface area (Å²) < 4.78 is 4.77.